The summed E-state index contributed by atoms with van der Waals surface area (Å²) < 4.78 is 0. The lowest BCUT2D eigenvalue weighted by Gasteiger charge is -2.24. The van der Waals surface area contributed by atoms with Crippen molar-refractivity contribution in [3.63, 3.8) is 0 Å². The molecule has 2 aromatic heterocycles. The van der Waals surface area contributed by atoms with E-state index < -0.39 is 0 Å². The van der Waals surface area contributed by atoms with Gasteiger partial charge < -0.3 is 5.32 Å². The number of anilines is 1. The monoisotopic (exact) mass is 315 g/mol. The number of fused-ring (bicyclic) bond motifs is 3. The molecule has 0 spiro atoms. The van der Waals surface area contributed by atoms with Crippen molar-refractivity contribution in [2.75, 3.05) is 5.32 Å². The van der Waals surface area contributed by atoms with Crippen molar-refractivity contribution >= 4 is 27.4 Å². The first-order valence-electron chi connectivity index (χ1n) is 8.87. The Hall–Kier alpha value is -1.16. The molecule has 1 atom stereocenters. The number of hydrogen-bond acceptors (Lipinski definition) is 4. The molecular weight excluding hydrogens is 290 g/mol. The summed E-state index contributed by atoms with van der Waals surface area (Å²) in [5, 5.41) is 5.08. The van der Waals surface area contributed by atoms with Crippen LogP contribution in [0.1, 0.15) is 62.3 Å². The minimum atomic E-state index is 0.606. The van der Waals surface area contributed by atoms with Crippen molar-refractivity contribution in [3.05, 3.63) is 16.8 Å². The third kappa shape index (κ3) is 2.62. The molecule has 1 unspecified atom stereocenters. The largest absolute Gasteiger partial charge is 0.367 e. The highest BCUT2D eigenvalue weighted by Gasteiger charge is 2.25. The van der Waals surface area contributed by atoms with E-state index in [1.165, 1.54) is 68.0 Å². The number of thiophene rings is 1. The molecule has 2 aromatic rings. The molecule has 0 radical (unpaired) electrons. The molecule has 22 heavy (non-hydrogen) atoms. The molecular formula is C18H25N3S. The zero-order valence-corrected chi connectivity index (χ0v) is 14.2. The minimum absolute atomic E-state index is 0.606. The second kappa shape index (κ2) is 6.15. The normalized spacial score (nSPS) is 22.7. The van der Waals surface area contributed by atoms with Gasteiger partial charge in [0.05, 0.1) is 5.39 Å². The Balaban J connectivity index is 1.68. The minimum Gasteiger partial charge on any atom is -0.367 e. The SMILES string of the molecule is CCC1CCc2c(sc3ncnc(NC4CCCCC4)c23)C1. The number of aromatic nitrogens is 2. The van der Waals surface area contributed by atoms with Gasteiger partial charge in [0, 0.05) is 10.9 Å². The van der Waals surface area contributed by atoms with E-state index in [9.17, 15) is 0 Å². The van der Waals surface area contributed by atoms with E-state index in [4.69, 9.17) is 0 Å². The number of nitrogens with one attached hydrogen (secondary N) is 1. The van der Waals surface area contributed by atoms with Gasteiger partial charge in [-0.2, -0.15) is 0 Å². The van der Waals surface area contributed by atoms with Crippen molar-refractivity contribution in [1.82, 2.24) is 9.97 Å². The smallest absolute Gasteiger partial charge is 0.138 e. The van der Waals surface area contributed by atoms with Gasteiger partial charge in [0.1, 0.15) is 17.0 Å². The molecule has 0 amide bonds. The van der Waals surface area contributed by atoms with E-state index in [0.717, 1.165) is 11.7 Å². The number of nitrogens with zero attached hydrogens (tertiary/aromatic N) is 2. The Kier molecular flexibility index (Phi) is 4.03. The highest BCUT2D eigenvalue weighted by molar-refractivity contribution is 7.19. The summed E-state index contributed by atoms with van der Waals surface area (Å²) in [6.07, 6.45) is 13.5. The first-order chi connectivity index (χ1) is 10.8. The lowest BCUT2D eigenvalue weighted by atomic mass is 9.86. The number of rotatable bonds is 3. The second-order valence-electron chi connectivity index (χ2n) is 6.90. The van der Waals surface area contributed by atoms with Gasteiger partial charge in [0.15, 0.2) is 0 Å². The van der Waals surface area contributed by atoms with Crippen LogP contribution in [-0.2, 0) is 12.8 Å². The maximum Gasteiger partial charge on any atom is 0.138 e. The fourth-order valence-electron chi connectivity index (χ4n) is 4.08. The van der Waals surface area contributed by atoms with Crippen LogP contribution in [0.5, 0.6) is 0 Å². The fraction of sp³-hybridized carbons (Fsp3) is 0.667. The van der Waals surface area contributed by atoms with E-state index in [-0.39, 0.29) is 0 Å². The maximum atomic E-state index is 4.60. The molecule has 3 nitrogen and oxygen atoms in total. The Labute approximate surface area is 136 Å². The third-order valence-electron chi connectivity index (χ3n) is 5.47. The van der Waals surface area contributed by atoms with Gasteiger partial charge in [-0.1, -0.05) is 32.6 Å². The van der Waals surface area contributed by atoms with Crippen molar-refractivity contribution in [2.24, 2.45) is 5.92 Å². The third-order valence-corrected chi connectivity index (χ3v) is 6.63. The Morgan fingerprint density at radius 2 is 2.05 bits per heavy atom. The van der Waals surface area contributed by atoms with Gasteiger partial charge in [-0.15, -0.1) is 11.3 Å². The molecule has 1 fully saturated rings. The zero-order valence-electron chi connectivity index (χ0n) is 13.4. The summed E-state index contributed by atoms with van der Waals surface area (Å²) in [4.78, 5) is 11.9. The molecule has 0 aromatic carbocycles. The van der Waals surface area contributed by atoms with Crippen molar-refractivity contribution in [2.45, 2.75) is 70.8 Å². The van der Waals surface area contributed by atoms with Gasteiger partial charge in [-0.05, 0) is 43.6 Å². The lowest BCUT2D eigenvalue weighted by molar-refractivity contribution is 0.451. The maximum absolute atomic E-state index is 4.60. The molecule has 4 heteroatoms. The Morgan fingerprint density at radius 1 is 1.18 bits per heavy atom. The van der Waals surface area contributed by atoms with Crippen molar-refractivity contribution in [1.29, 1.82) is 0 Å². The van der Waals surface area contributed by atoms with Crippen molar-refractivity contribution in [3.8, 4) is 0 Å². The van der Waals surface area contributed by atoms with Crippen LogP contribution in [0.3, 0.4) is 0 Å². The molecule has 0 saturated heterocycles. The van der Waals surface area contributed by atoms with Crippen LogP contribution in [0.4, 0.5) is 5.82 Å². The van der Waals surface area contributed by atoms with Gasteiger partial charge in [0.25, 0.3) is 0 Å². The summed E-state index contributed by atoms with van der Waals surface area (Å²) in [7, 11) is 0. The fourth-order valence-corrected chi connectivity index (χ4v) is 5.38. The molecule has 2 heterocycles. The Morgan fingerprint density at radius 3 is 2.86 bits per heavy atom. The molecule has 0 aliphatic heterocycles. The summed E-state index contributed by atoms with van der Waals surface area (Å²) in [5.41, 5.74) is 1.55. The van der Waals surface area contributed by atoms with E-state index in [2.05, 4.69) is 22.2 Å². The molecule has 2 aliphatic rings. The van der Waals surface area contributed by atoms with E-state index in [1.54, 1.807) is 16.8 Å². The van der Waals surface area contributed by atoms with Crippen LogP contribution in [0.2, 0.25) is 0 Å². The van der Waals surface area contributed by atoms with Crippen LogP contribution < -0.4 is 5.32 Å². The van der Waals surface area contributed by atoms with E-state index >= 15 is 0 Å². The molecule has 2 aliphatic carbocycles. The average molecular weight is 315 g/mol. The Bertz CT molecular complexity index is 658. The van der Waals surface area contributed by atoms with Crippen LogP contribution in [0.15, 0.2) is 6.33 Å². The van der Waals surface area contributed by atoms with Crippen LogP contribution >= 0.6 is 11.3 Å². The van der Waals surface area contributed by atoms with Gasteiger partial charge in [-0.25, -0.2) is 9.97 Å². The van der Waals surface area contributed by atoms with Crippen LogP contribution in [-0.4, -0.2) is 16.0 Å². The first-order valence-corrected chi connectivity index (χ1v) is 9.68. The average Bonchev–Trinajstić information content (AvgIpc) is 2.94. The van der Waals surface area contributed by atoms with Crippen LogP contribution in [0.25, 0.3) is 10.2 Å². The quantitative estimate of drug-likeness (QED) is 0.870. The summed E-state index contributed by atoms with van der Waals surface area (Å²) in [6.45, 7) is 2.32. The zero-order chi connectivity index (χ0) is 14.9. The predicted molar refractivity (Wildman–Crippen MR) is 93.7 cm³/mol. The lowest BCUT2D eigenvalue weighted by Crippen LogP contribution is -2.23. The highest BCUT2D eigenvalue weighted by Crippen LogP contribution is 2.40. The summed E-state index contributed by atoms with van der Waals surface area (Å²) in [5.74, 6) is 1.97. The highest BCUT2D eigenvalue weighted by atomic mass is 32.1. The molecule has 1 saturated carbocycles. The molecule has 0 bridgehead atoms. The summed E-state index contributed by atoms with van der Waals surface area (Å²) in [6, 6.07) is 0.606. The second-order valence-corrected chi connectivity index (χ2v) is 7.99. The number of hydrogen-bond donors (Lipinski definition) is 1. The summed E-state index contributed by atoms with van der Waals surface area (Å²) >= 11 is 1.90. The van der Waals surface area contributed by atoms with E-state index in [0.29, 0.717) is 6.04 Å². The van der Waals surface area contributed by atoms with Crippen LogP contribution in [0, 0.1) is 5.92 Å². The number of aryl methyl sites for hydroxylation is 1. The van der Waals surface area contributed by atoms with Crippen molar-refractivity contribution < 1.29 is 0 Å². The predicted octanol–water partition coefficient (Wildman–Crippen LogP) is 4.95. The first kappa shape index (κ1) is 14.4. The molecule has 4 rings (SSSR count). The topological polar surface area (TPSA) is 37.8 Å². The van der Waals surface area contributed by atoms with Gasteiger partial charge in [-0.3, -0.25) is 0 Å². The standard InChI is InChI=1S/C18H25N3S/c1-2-12-8-9-14-15(10-12)22-18-16(14)17(19-11-20-18)21-13-6-4-3-5-7-13/h11-13H,2-10H2,1H3,(H,19,20,21). The van der Waals surface area contributed by atoms with Gasteiger partial charge in [0.2, 0.25) is 0 Å². The van der Waals surface area contributed by atoms with E-state index in [1.807, 2.05) is 11.3 Å². The van der Waals surface area contributed by atoms with Gasteiger partial charge >= 0.3 is 0 Å². The molecule has 118 valence electrons. The molecule has 1 N–H and O–H groups in total.